The quantitative estimate of drug-likeness (QED) is 0.746. The van der Waals surface area contributed by atoms with Crippen LogP contribution in [-0.4, -0.2) is 11.5 Å². The van der Waals surface area contributed by atoms with Crippen LogP contribution in [0.5, 0.6) is 0 Å². The van der Waals surface area contributed by atoms with Crippen molar-refractivity contribution < 1.29 is 0 Å². The summed E-state index contributed by atoms with van der Waals surface area (Å²) in [4.78, 5) is 6.82. The molecule has 0 fully saturated rings. The summed E-state index contributed by atoms with van der Waals surface area (Å²) < 4.78 is 0. The van der Waals surface area contributed by atoms with Crippen molar-refractivity contribution >= 4 is 22.4 Å². The second-order valence-corrected chi connectivity index (χ2v) is 5.42. The van der Waals surface area contributed by atoms with E-state index in [9.17, 15) is 5.26 Å². The van der Waals surface area contributed by atoms with Crippen molar-refractivity contribution in [2.24, 2.45) is 0 Å². The molecule has 0 spiro atoms. The summed E-state index contributed by atoms with van der Waals surface area (Å²) in [5.41, 5.74) is 9.10. The van der Waals surface area contributed by atoms with E-state index in [4.69, 9.17) is 10.7 Å². The van der Waals surface area contributed by atoms with Gasteiger partial charge in [0.1, 0.15) is 11.9 Å². The zero-order valence-electron chi connectivity index (χ0n) is 13.0. The van der Waals surface area contributed by atoms with E-state index in [-0.39, 0.29) is 0 Å². The first kappa shape index (κ1) is 14.9. The number of rotatable bonds is 4. The van der Waals surface area contributed by atoms with Gasteiger partial charge < -0.3 is 10.6 Å². The highest BCUT2D eigenvalue weighted by molar-refractivity contribution is 5.85. The van der Waals surface area contributed by atoms with E-state index in [1.54, 1.807) is 0 Å². The van der Waals surface area contributed by atoms with Gasteiger partial charge in [-0.25, -0.2) is 4.98 Å². The van der Waals surface area contributed by atoms with Gasteiger partial charge in [-0.3, -0.25) is 0 Å². The number of pyridine rings is 1. The maximum atomic E-state index is 9.51. The van der Waals surface area contributed by atoms with E-state index >= 15 is 0 Å². The molecule has 114 valence electrons. The van der Waals surface area contributed by atoms with E-state index in [1.165, 1.54) is 5.56 Å². The fourth-order valence-corrected chi connectivity index (χ4v) is 2.65. The minimum absolute atomic E-state index is 0.570. The minimum Gasteiger partial charge on any atom is -0.399 e. The van der Waals surface area contributed by atoms with Gasteiger partial charge in [-0.2, -0.15) is 5.26 Å². The van der Waals surface area contributed by atoms with Crippen LogP contribution in [-0.2, 0) is 6.54 Å². The van der Waals surface area contributed by atoms with Crippen LogP contribution in [0.4, 0.5) is 11.5 Å². The van der Waals surface area contributed by atoms with Crippen molar-refractivity contribution in [3.05, 3.63) is 65.7 Å². The molecule has 0 saturated heterocycles. The van der Waals surface area contributed by atoms with Crippen molar-refractivity contribution in [2.75, 3.05) is 17.2 Å². The van der Waals surface area contributed by atoms with E-state index in [0.717, 1.165) is 29.8 Å². The zero-order chi connectivity index (χ0) is 16.2. The Kier molecular flexibility index (Phi) is 4.11. The lowest BCUT2D eigenvalue weighted by Crippen LogP contribution is -2.24. The number of fused-ring (bicyclic) bond motifs is 1. The molecular formula is C19H18N4. The molecule has 4 nitrogen and oxygen atoms in total. The average Bonchev–Trinajstić information content (AvgIpc) is 2.59. The Morgan fingerprint density at radius 3 is 2.61 bits per heavy atom. The first-order chi connectivity index (χ1) is 11.2. The SMILES string of the molecule is CCN(Cc1ccccc1)c1nc2ccc(N)cc2cc1C#N. The summed E-state index contributed by atoms with van der Waals surface area (Å²) in [6.45, 7) is 3.56. The van der Waals surface area contributed by atoms with Gasteiger partial charge in [-0.15, -0.1) is 0 Å². The van der Waals surface area contributed by atoms with Crippen LogP contribution in [0.1, 0.15) is 18.1 Å². The van der Waals surface area contributed by atoms with Crippen LogP contribution in [0.25, 0.3) is 10.9 Å². The van der Waals surface area contributed by atoms with E-state index < -0.39 is 0 Å². The summed E-state index contributed by atoms with van der Waals surface area (Å²) in [6, 6.07) is 19.9. The van der Waals surface area contributed by atoms with E-state index in [0.29, 0.717) is 11.3 Å². The summed E-state index contributed by atoms with van der Waals surface area (Å²) in [7, 11) is 0. The first-order valence-corrected chi connectivity index (χ1v) is 7.60. The number of hydrogen-bond acceptors (Lipinski definition) is 4. The Bertz CT molecular complexity index is 866. The molecule has 3 rings (SSSR count). The van der Waals surface area contributed by atoms with Crippen LogP contribution in [0.15, 0.2) is 54.6 Å². The number of nitrogens with two attached hydrogens (primary N) is 1. The summed E-state index contributed by atoms with van der Waals surface area (Å²) >= 11 is 0. The molecule has 4 heteroatoms. The lowest BCUT2D eigenvalue weighted by Gasteiger charge is -2.23. The average molecular weight is 302 g/mol. The number of hydrogen-bond donors (Lipinski definition) is 1. The van der Waals surface area contributed by atoms with Crippen molar-refractivity contribution in [1.29, 1.82) is 5.26 Å². The molecule has 0 aliphatic heterocycles. The number of aromatic nitrogens is 1. The highest BCUT2D eigenvalue weighted by Crippen LogP contribution is 2.25. The number of nitrogens with zero attached hydrogens (tertiary/aromatic N) is 3. The molecule has 0 aliphatic rings. The van der Waals surface area contributed by atoms with E-state index in [2.05, 4.69) is 30.0 Å². The minimum atomic E-state index is 0.570. The van der Waals surface area contributed by atoms with Crippen LogP contribution < -0.4 is 10.6 Å². The Hall–Kier alpha value is -3.06. The van der Waals surface area contributed by atoms with Crippen LogP contribution in [0.3, 0.4) is 0 Å². The topological polar surface area (TPSA) is 65.9 Å². The predicted octanol–water partition coefficient (Wildman–Crippen LogP) is 3.72. The maximum absolute atomic E-state index is 9.51. The molecule has 0 amide bonds. The Morgan fingerprint density at radius 1 is 1.13 bits per heavy atom. The van der Waals surface area contributed by atoms with Crippen LogP contribution in [0, 0.1) is 11.3 Å². The number of nitriles is 1. The number of anilines is 2. The summed E-state index contributed by atoms with van der Waals surface area (Å²) in [5.74, 6) is 0.719. The van der Waals surface area contributed by atoms with Crippen molar-refractivity contribution in [3.8, 4) is 6.07 Å². The van der Waals surface area contributed by atoms with Crippen LogP contribution >= 0.6 is 0 Å². The lowest BCUT2D eigenvalue weighted by molar-refractivity contribution is 0.815. The molecule has 0 aliphatic carbocycles. The molecule has 0 unspecified atom stereocenters. The fraction of sp³-hybridized carbons (Fsp3) is 0.158. The molecule has 0 bridgehead atoms. The van der Waals surface area contributed by atoms with Crippen molar-refractivity contribution in [1.82, 2.24) is 4.98 Å². The number of nitrogen functional groups attached to an aromatic ring is 1. The van der Waals surface area contributed by atoms with Gasteiger partial charge in [-0.1, -0.05) is 30.3 Å². The Balaban J connectivity index is 2.05. The third-order valence-corrected chi connectivity index (χ3v) is 3.84. The van der Waals surface area contributed by atoms with Gasteiger partial charge in [0, 0.05) is 24.2 Å². The maximum Gasteiger partial charge on any atom is 0.147 e. The second kappa shape index (κ2) is 6.37. The third-order valence-electron chi connectivity index (χ3n) is 3.84. The molecule has 1 aromatic heterocycles. The molecule has 3 aromatic rings. The fourth-order valence-electron chi connectivity index (χ4n) is 2.65. The highest BCUT2D eigenvalue weighted by atomic mass is 15.2. The van der Waals surface area contributed by atoms with Crippen molar-refractivity contribution in [3.63, 3.8) is 0 Å². The molecular weight excluding hydrogens is 284 g/mol. The van der Waals surface area contributed by atoms with E-state index in [1.807, 2.05) is 42.5 Å². The molecule has 2 N–H and O–H groups in total. The Morgan fingerprint density at radius 2 is 1.91 bits per heavy atom. The van der Waals surface area contributed by atoms with Gasteiger partial charge in [0.25, 0.3) is 0 Å². The standard InChI is InChI=1S/C19H18N4/c1-2-23(13-14-6-4-3-5-7-14)19-16(12-20)10-15-11-17(21)8-9-18(15)22-19/h3-11H,2,13,21H2,1H3. The Labute approximate surface area is 135 Å². The molecule has 23 heavy (non-hydrogen) atoms. The molecule has 1 heterocycles. The largest absolute Gasteiger partial charge is 0.399 e. The molecule has 2 aromatic carbocycles. The normalized spacial score (nSPS) is 10.4. The monoisotopic (exact) mass is 302 g/mol. The highest BCUT2D eigenvalue weighted by Gasteiger charge is 2.14. The van der Waals surface area contributed by atoms with Gasteiger partial charge in [-0.05, 0) is 36.8 Å². The molecule has 0 radical (unpaired) electrons. The van der Waals surface area contributed by atoms with Gasteiger partial charge in [0.05, 0.1) is 11.1 Å². The zero-order valence-corrected chi connectivity index (χ0v) is 13.0. The van der Waals surface area contributed by atoms with Gasteiger partial charge in [0.15, 0.2) is 0 Å². The predicted molar refractivity (Wildman–Crippen MR) is 94.0 cm³/mol. The second-order valence-electron chi connectivity index (χ2n) is 5.42. The summed E-state index contributed by atoms with van der Waals surface area (Å²) in [6.07, 6.45) is 0. The smallest absolute Gasteiger partial charge is 0.147 e. The third kappa shape index (κ3) is 3.09. The molecule has 0 saturated carbocycles. The summed E-state index contributed by atoms with van der Waals surface area (Å²) in [5, 5.41) is 10.4. The van der Waals surface area contributed by atoms with Crippen molar-refractivity contribution in [2.45, 2.75) is 13.5 Å². The van der Waals surface area contributed by atoms with Gasteiger partial charge in [0.2, 0.25) is 0 Å². The number of benzene rings is 2. The first-order valence-electron chi connectivity index (χ1n) is 7.60. The van der Waals surface area contributed by atoms with Crippen LogP contribution in [0.2, 0.25) is 0 Å². The lowest BCUT2D eigenvalue weighted by atomic mass is 10.1. The molecule has 0 atom stereocenters. The van der Waals surface area contributed by atoms with Gasteiger partial charge >= 0.3 is 0 Å².